The number of hydrogen-bond donors (Lipinski definition) is 1. The van der Waals surface area contributed by atoms with Crippen LogP contribution in [-0.4, -0.2) is 39.9 Å². The summed E-state index contributed by atoms with van der Waals surface area (Å²) >= 11 is 0. The van der Waals surface area contributed by atoms with Crippen LogP contribution in [0.5, 0.6) is 0 Å². The molecule has 1 aliphatic heterocycles. The van der Waals surface area contributed by atoms with E-state index in [4.69, 9.17) is 0 Å². The summed E-state index contributed by atoms with van der Waals surface area (Å²) < 4.78 is 0. The topological polar surface area (TPSA) is 81.9 Å². The molecule has 34 heavy (non-hydrogen) atoms. The smallest absolute Gasteiger partial charge is 0.237 e. The highest BCUT2D eigenvalue weighted by Crippen LogP contribution is 2.37. The molecule has 0 radical (unpaired) electrons. The van der Waals surface area contributed by atoms with E-state index in [2.05, 4.69) is 40.1 Å². The van der Waals surface area contributed by atoms with Crippen LogP contribution in [0.2, 0.25) is 0 Å². The van der Waals surface area contributed by atoms with Crippen molar-refractivity contribution in [3.05, 3.63) is 95.6 Å². The number of aromatic nitrogens is 2. The van der Waals surface area contributed by atoms with Gasteiger partial charge < -0.3 is 5.32 Å². The number of pyridine rings is 2. The number of hydrogen-bond acceptors (Lipinski definition) is 5. The first kappa shape index (κ1) is 23.6. The molecule has 2 atom stereocenters. The zero-order chi connectivity index (χ0) is 23.9. The van der Waals surface area contributed by atoms with Crippen molar-refractivity contribution in [2.24, 2.45) is 5.92 Å². The lowest BCUT2D eigenvalue weighted by molar-refractivity contribution is -0.126. The van der Waals surface area contributed by atoms with Gasteiger partial charge in [0, 0.05) is 37.3 Å². The van der Waals surface area contributed by atoms with Gasteiger partial charge in [0.2, 0.25) is 5.91 Å². The van der Waals surface area contributed by atoms with E-state index in [1.54, 1.807) is 18.5 Å². The molecule has 4 rings (SSSR count). The number of nitriles is 1. The minimum atomic E-state index is -0.379. The molecule has 2 aromatic heterocycles. The van der Waals surface area contributed by atoms with Crippen LogP contribution in [0.15, 0.2) is 73.3 Å². The van der Waals surface area contributed by atoms with Crippen molar-refractivity contribution in [3.8, 4) is 6.07 Å². The fraction of sp³-hybridized carbons (Fsp3) is 0.357. The molecule has 0 saturated carbocycles. The fourth-order valence-corrected chi connectivity index (χ4v) is 4.92. The molecule has 1 aliphatic rings. The lowest BCUT2D eigenvalue weighted by Crippen LogP contribution is -2.46. The lowest BCUT2D eigenvalue weighted by Gasteiger charge is -2.32. The lowest BCUT2D eigenvalue weighted by atomic mass is 9.82. The van der Waals surface area contributed by atoms with E-state index in [-0.39, 0.29) is 23.9 Å². The van der Waals surface area contributed by atoms with E-state index < -0.39 is 0 Å². The third-order valence-electron chi connectivity index (χ3n) is 6.36. The van der Waals surface area contributed by atoms with Gasteiger partial charge in [-0.2, -0.15) is 5.26 Å². The minimum absolute atomic E-state index is 0.0308. The standard InChI is InChI=1S/C28H31N5O/c1-20(2)19-33-14-6-11-25(33)28(34)32-27(22-8-3-7-21(15-22)16-29)26(23-9-4-12-30-17-23)24-10-5-13-31-18-24/h3-5,7-10,12-13,15,17-18,20,25-27H,6,11,14,19H2,1-2H3,(H,32,34)/t25-,27?/m0/s1. The van der Waals surface area contributed by atoms with Crippen LogP contribution in [0.25, 0.3) is 0 Å². The number of benzene rings is 1. The zero-order valence-electron chi connectivity index (χ0n) is 19.8. The molecule has 1 amide bonds. The van der Waals surface area contributed by atoms with Crippen molar-refractivity contribution < 1.29 is 4.79 Å². The van der Waals surface area contributed by atoms with Crippen molar-refractivity contribution in [2.75, 3.05) is 13.1 Å². The predicted octanol–water partition coefficient (Wildman–Crippen LogP) is 4.46. The molecular weight excluding hydrogens is 422 g/mol. The Balaban J connectivity index is 1.75. The number of carbonyl (C=O) groups excluding carboxylic acids is 1. The quantitative estimate of drug-likeness (QED) is 0.545. The second-order valence-corrected chi connectivity index (χ2v) is 9.32. The number of likely N-dealkylation sites (tertiary alicyclic amines) is 1. The molecule has 1 N–H and O–H groups in total. The third-order valence-corrected chi connectivity index (χ3v) is 6.36. The molecule has 6 nitrogen and oxygen atoms in total. The molecule has 1 aromatic carbocycles. The maximum absolute atomic E-state index is 13.7. The zero-order valence-corrected chi connectivity index (χ0v) is 19.8. The Labute approximate surface area is 201 Å². The van der Waals surface area contributed by atoms with E-state index >= 15 is 0 Å². The molecule has 1 fully saturated rings. The number of nitrogens with one attached hydrogen (secondary N) is 1. The first-order valence-corrected chi connectivity index (χ1v) is 11.9. The normalized spacial score (nSPS) is 17.0. The van der Waals surface area contributed by atoms with Crippen molar-refractivity contribution in [1.82, 2.24) is 20.2 Å². The second-order valence-electron chi connectivity index (χ2n) is 9.32. The van der Waals surface area contributed by atoms with Crippen molar-refractivity contribution in [2.45, 2.75) is 44.7 Å². The molecule has 0 aliphatic carbocycles. The van der Waals surface area contributed by atoms with Gasteiger partial charge in [-0.25, -0.2) is 0 Å². The van der Waals surface area contributed by atoms with Crippen LogP contribution < -0.4 is 5.32 Å². The summed E-state index contributed by atoms with van der Waals surface area (Å²) in [6, 6.07) is 17.1. The highest BCUT2D eigenvalue weighted by Gasteiger charge is 2.35. The maximum Gasteiger partial charge on any atom is 0.237 e. The van der Waals surface area contributed by atoms with Gasteiger partial charge in [0.05, 0.1) is 23.7 Å². The Morgan fingerprint density at radius 1 is 1.09 bits per heavy atom. The van der Waals surface area contributed by atoms with Crippen molar-refractivity contribution >= 4 is 5.91 Å². The van der Waals surface area contributed by atoms with E-state index in [1.165, 1.54) is 0 Å². The van der Waals surface area contributed by atoms with Gasteiger partial charge in [0.1, 0.15) is 0 Å². The van der Waals surface area contributed by atoms with E-state index in [0.29, 0.717) is 11.5 Å². The largest absolute Gasteiger partial charge is 0.347 e. The first-order valence-electron chi connectivity index (χ1n) is 11.9. The van der Waals surface area contributed by atoms with Crippen LogP contribution in [0.4, 0.5) is 0 Å². The van der Waals surface area contributed by atoms with Gasteiger partial charge in [-0.15, -0.1) is 0 Å². The summed E-state index contributed by atoms with van der Waals surface area (Å²) in [6.45, 7) is 6.22. The molecule has 3 heterocycles. The van der Waals surface area contributed by atoms with E-state index in [1.807, 2.05) is 54.9 Å². The summed E-state index contributed by atoms with van der Waals surface area (Å²) in [7, 11) is 0. The Bertz CT molecular complexity index is 1090. The van der Waals surface area contributed by atoms with Crippen LogP contribution in [0.1, 0.15) is 60.9 Å². The molecular formula is C28H31N5O. The number of carbonyl (C=O) groups is 1. The van der Waals surface area contributed by atoms with Gasteiger partial charge in [-0.1, -0.05) is 38.1 Å². The van der Waals surface area contributed by atoms with Gasteiger partial charge in [0.15, 0.2) is 0 Å². The summed E-state index contributed by atoms with van der Waals surface area (Å²) in [6.07, 6.45) is 9.05. The average Bonchev–Trinajstić information content (AvgIpc) is 3.32. The molecule has 0 bridgehead atoms. The van der Waals surface area contributed by atoms with Crippen LogP contribution >= 0.6 is 0 Å². The summed E-state index contributed by atoms with van der Waals surface area (Å²) in [4.78, 5) is 24.7. The van der Waals surface area contributed by atoms with E-state index in [0.717, 1.165) is 42.6 Å². The summed E-state index contributed by atoms with van der Waals surface area (Å²) in [5.74, 6) is 0.318. The maximum atomic E-state index is 13.7. The van der Waals surface area contributed by atoms with Gasteiger partial charge >= 0.3 is 0 Å². The molecule has 6 heteroatoms. The molecule has 3 aromatic rings. The van der Waals surface area contributed by atoms with Crippen LogP contribution in [-0.2, 0) is 4.79 Å². The Kier molecular flexibility index (Phi) is 7.66. The van der Waals surface area contributed by atoms with E-state index in [9.17, 15) is 10.1 Å². The minimum Gasteiger partial charge on any atom is -0.347 e. The van der Waals surface area contributed by atoms with Gasteiger partial charge in [-0.3, -0.25) is 19.7 Å². The number of rotatable bonds is 8. The predicted molar refractivity (Wildman–Crippen MR) is 132 cm³/mol. The summed E-state index contributed by atoms with van der Waals surface area (Å²) in [5, 5.41) is 12.9. The van der Waals surface area contributed by atoms with Crippen molar-refractivity contribution in [3.63, 3.8) is 0 Å². The summed E-state index contributed by atoms with van der Waals surface area (Å²) in [5.41, 5.74) is 3.41. The highest BCUT2D eigenvalue weighted by molar-refractivity contribution is 5.82. The molecule has 174 valence electrons. The molecule has 0 spiro atoms. The monoisotopic (exact) mass is 453 g/mol. The number of nitrogens with zero attached hydrogens (tertiary/aromatic N) is 4. The third kappa shape index (κ3) is 5.49. The molecule has 1 unspecified atom stereocenters. The fourth-order valence-electron chi connectivity index (χ4n) is 4.92. The van der Waals surface area contributed by atoms with Crippen molar-refractivity contribution in [1.29, 1.82) is 5.26 Å². The SMILES string of the molecule is CC(C)CN1CCC[C@H]1C(=O)NC(c1cccc(C#N)c1)C(c1cccnc1)c1cccnc1. The number of amides is 1. The Hall–Kier alpha value is -3.56. The second kappa shape index (κ2) is 11.0. The first-order chi connectivity index (χ1) is 16.6. The molecule has 1 saturated heterocycles. The Morgan fingerprint density at radius 3 is 2.35 bits per heavy atom. The Morgan fingerprint density at radius 2 is 1.76 bits per heavy atom. The van der Waals surface area contributed by atoms with Gasteiger partial charge in [-0.05, 0) is 66.3 Å². The average molecular weight is 454 g/mol. The highest BCUT2D eigenvalue weighted by atomic mass is 16.2. The van der Waals surface area contributed by atoms with Gasteiger partial charge in [0.25, 0.3) is 0 Å². The van der Waals surface area contributed by atoms with Crippen LogP contribution in [0.3, 0.4) is 0 Å². The van der Waals surface area contributed by atoms with Crippen LogP contribution in [0, 0.1) is 17.2 Å².